The van der Waals surface area contributed by atoms with Crippen LogP contribution in [0.4, 0.5) is 0 Å². The first kappa shape index (κ1) is 12.6. The summed E-state index contributed by atoms with van der Waals surface area (Å²) >= 11 is 0. The highest BCUT2D eigenvalue weighted by molar-refractivity contribution is 5.78. The van der Waals surface area contributed by atoms with E-state index in [1.54, 1.807) is 11.7 Å². The minimum Gasteiger partial charge on any atom is -0.480 e. The zero-order chi connectivity index (χ0) is 13.0. The molecule has 5 nitrogen and oxygen atoms in total. The number of rotatable bonds is 6. The second-order valence-corrected chi connectivity index (χ2v) is 4.09. The summed E-state index contributed by atoms with van der Waals surface area (Å²) < 4.78 is 6.76. The molecule has 0 fully saturated rings. The van der Waals surface area contributed by atoms with Crippen molar-refractivity contribution < 1.29 is 14.6 Å². The summed E-state index contributed by atoms with van der Waals surface area (Å²) in [6, 6.07) is 7.58. The molecule has 5 heteroatoms. The molecule has 1 aromatic carbocycles. The van der Waals surface area contributed by atoms with Crippen LogP contribution in [-0.4, -0.2) is 34.3 Å². The molecule has 0 aliphatic carbocycles. The van der Waals surface area contributed by atoms with Gasteiger partial charge in [-0.25, -0.2) is 4.98 Å². The fraction of sp³-hybridized carbons (Fsp3) is 0.385. The van der Waals surface area contributed by atoms with E-state index in [2.05, 4.69) is 4.98 Å². The van der Waals surface area contributed by atoms with Crippen LogP contribution in [0.25, 0.3) is 11.0 Å². The number of carbonyl (C=O) groups is 1. The summed E-state index contributed by atoms with van der Waals surface area (Å²) in [5.41, 5.74) is 1.71. The van der Waals surface area contributed by atoms with Crippen molar-refractivity contribution in [2.24, 2.45) is 0 Å². The van der Waals surface area contributed by atoms with Crippen LogP contribution < -0.4 is 0 Å². The van der Waals surface area contributed by atoms with E-state index in [1.165, 1.54) is 0 Å². The van der Waals surface area contributed by atoms with Gasteiger partial charge in [0.1, 0.15) is 12.4 Å². The van der Waals surface area contributed by atoms with E-state index in [0.717, 1.165) is 29.7 Å². The molecule has 2 rings (SSSR count). The van der Waals surface area contributed by atoms with Crippen molar-refractivity contribution in [1.82, 2.24) is 9.55 Å². The molecule has 0 atom stereocenters. The van der Waals surface area contributed by atoms with Crippen LogP contribution in [0.15, 0.2) is 24.3 Å². The molecule has 96 valence electrons. The largest absolute Gasteiger partial charge is 0.480 e. The molecule has 0 aliphatic heterocycles. The van der Waals surface area contributed by atoms with Gasteiger partial charge in [0, 0.05) is 20.1 Å². The Morgan fingerprint density at radius 2 is 2.22 bits per heavy atom. The summed E-state index contributed by atoms with van der Waals surface area (Å²) in [6.07, 6.45) is 1.55. The van der Waals surface area contributed by atoms with E-state index in [0.29, 0.717) is 6.61 Å². The van der Waals surface area contributed by atoms with Crippen molar-refractivity contribution in [2.45, 2.75) is 19.4 Å². The van der Waals surface area contributed by atoms with E-state index < -0.39 is 5.97 Å². The molecular formula is C13H16N2O3. The summed E-state index contributed by atoms with van der Waals surface area (Å²) in [5, 5.41) is 8.97. The molecule has 0 aliphatic rings. The molecule has 0 saturated heterocycles. The zero-order valence-electron chi connectivity index (χ0n) is 10.3. The van der Waals surface area contributed by atoms with Crippen molar-refractivity contribution in [2.75, 3.05) is 13.7 Å². The number of carboxylic acids is 1. The maximum Gasteiger partial charge on any atom is 0.323 e. The molecule has 0 bridgehead atoms. The number of nitrogens with zero attached hydrogens (tertiary/aromatic N) is 2. The Hall–Kier alpha value is -1.88. The van der Waals surface area contributed by atoms with Crippen LogP contribution in [0.5, 0.6) is 0 Å². The fourth-order valence-electron chi connectivity index (χ4n) is 2.00. The van der Waals surface area contributed by atoms with Gasteiger partial charge in [0.2, 0.25) is 0 Å². The SMILES string of the molecule is COCCCc1nc2ccccc2n1CC(=O)O. The Labute approximate surface area is 105 Å². The third-order valence-electron chi connectivity index (χ3n) is 2.78. The molecule has 1 aromatic heterocycles. The maximum absolute atomic E-state index is 10.9. The van der Waals surface area contributed by atoms with Crippen molar-refractivity contribution >= 4 is 17.0 Å². The lowest BCUT2D eigenvalue weighted by Crippen LogP contribution is -2.12. The van der Waals surface area contributed by atoms with E-state index in [9.17, 15) is 4.79 Å². The number of benzene rings is 1. The van der Waals surface area contributed by atoms with Gasteiger partial charge >= 0.3 is 5.97 Å². The van der Waals surface area contributed by atoms with Crippen LogP contribution in [-0.2, 0) is 22.5 Å². The van der Waals surface area contributed by atoms with Gasteiger partial charge in [0.05, 0.1) is 11.0 Å². The number of hydrogen-bond acceptors (Lipinski definition) is 3. The molecule has 0 unspecified atom stereocenters. The molecule has 0 spiro atoms. The Kier molecular flexibility index (Phi) is 3.94. The molecule has 1 N–H and O–H groups in total. The molecule has 0 saturated carbocycles. The lowest BCUT2D eigenvalue weighted by Gasteiger charge is -2.05. The van der Waals surface area contributed by atoms with Gasteiger partial charge in [0.25, 0.3) is 0 Å². The maximum atomic E-state index is 10.9. The minimum absolute atomic E-state index is 0.0527. The van der Waals surface area contributed by atoms with Crippen LogP contribution in [0.3, 0.4) is 0 Å². The number of ether oxygens (including phenoxy) is 1. The molecule has 2 aromatic rings. The zero-order valence-corrected chi connectivity index (χ0v) is 10.3. The third-order valence-corrected chi connectivity index (χ3v) is 2.78. The predicted octanol–water partition coefficient (Wildman–Crippen LogP) is 1.70. The van der Waals surface area contributed by atoms with Crippen molar-refractivity contribution in [1.29, 1.82) is 0 Å². The van der Waals surface area contributed by atoms with Gasteiger partial charge in [-0.05, 0) is 18.6 Å². The molecule has 1 heterocycles. The topological polar surface area (TPSA) is 64.4 Å². The number of carboxylic acid groups (broad SMARTS) is 1. The quantitative estimate of drug-likeness (QED) is 0.790. The van der Waals surface area contributed by atoms with Crippen LogP contribution in [0, 0.1) is 0 Å². The highest BCUT2D eigenvalue weighted by Gasteiger charge is 2.12. The average molecular weight is 248 g/mol. The number of aliphatic carboxylic acids is 1. The van der Waals surface area contributed by atoms with Gasteiger partial charge in [-0.1, -0.05) is 12.1 Å². The first-order valence-corrected chi connectivity index (χ1v) is 5.87. The fourth-order valence-corrected chi connectivity index (χ4v) is 2.00. The highest BCUT2D eigenvalue weighted by atomic mass is 16.5. The summed E-state index contributed by atoms with van der Waals surface area (Å²) in [5.74, 6) is -0.0539. The second kappa shape index (κ2) is 5.64. The van der Waals surface area contributed by atoms with Crippen LogP contribution >= 0.6 is 0 Å². The Balaban J connectivity index is 2.33. The Morgan fingerprint density at radius 1 is 1.44 bits per heavy atom. The summed E-state index contributed by atoms with van der Waals surface area (Å²) in [6.45, 7) is 0.596. The lowest BCUT2D eigenvalue weighted by molar-refractivity contribution is -0.137. The first-order chi connectivity index (χ1) is 8.72. The number of aryl methyl sites for hydroxylation is 1. The van der Waals surface area contributed by atoms with Crippen molar-refractivity contribution in [3.05, 3.63) is 30.1 Å². The van der Waals surface area contributed by atoms with Gasteiger partial charge in [-0.3, -0.25) is 4.79 Å². The van der Waals surface area contributed by atoms with Crippen molar-refractivity contribution in [3.63, 3.8) is 0 Å². The minimum atomic E-state index is -0.855. The lowest BCUT2D eigenvalue weighted by atomic mass is 10.3. The van der Waals surface area contributed by atoms with E-state index in [-0.39, 0.29) is 6.54 Å². The van der Waals surface area contributed by atoms with E-state index in [1.807, 2.05) is 24.3 Å². The molecule has 18 heavy (non-hydrogen) atoms. The number of para-hydroxylation sites is 2. The molecule has 0 radical (unpaired) electrons. The van der Waals surface area contributed by atoms with Crippen LogP contribution in [0.2, 0.25) is 0 Å². The second-order valence-electron chi connectivity index (χ2n) is 4.09. The van der Waals surface area contributed by atoms with Crippen molar-refractivity contribution in [3.8, 4) is 0 Å². The number of hydrogen-bond donors (Lipinski definition) is 1. The van der Waals surface area contributed by atoms with Gasteiger partial charge in [-0.2, -0.15) is 0 Å². The number of imidazole rings is 1. The Morgan fingerprint density at radius 3 is 2.94 bits per heavy atom. The summed E-state index contributed by atoms with van der Waals surface area (Å²) in [4.78, 5) is 15.4. The number of fused-ring (bicyclic) bond motifs is 1. The smallest absolute Gasteiger partial charge is 0.323 e. The highest BCUT2D eigenvalue weighted by Crippen LogP contribution is 2.17. The average Bonchev–Trinajstić information content (AvgIpc) is 2.68. The number of aromatic nitrogens is 2. The van der Waals surface area contributed by atoms with Gasteiger partial charge < -0.3 is 14.4 Å². The molecular weight excluding hydrogens is 232 g/mol. The normalized spacial score (nSPS) is 10.9. The van der Waals surface area contributed by atoms with E-state index >= 15 is 0 Å². The van der Waals surface area contributed by atoms with Gasteiger partial charge in [0.15, 0.2) is 0 Å². The Bertz CT molecular complexity index is 548. The number of methoxy groups -OCH3 is 1. The first-order valence-electron chi connectivity index (χ1n) is 5.87. The van der Waals surface area contributed by atoms with Gasteiger partial charge in [-0.15, -0.1) is 0 Å². The molecule has 0 amide bonds. The van der Waals surface area contributed by atoms with E-state index in [4.69, 9.17) is 9.84 Å². The third kappa shape index (κ3) is 2.68. The predicted molar refractivity (Wildman–Crippen MR) is 67.6 cm³/mol. The monoisotopic (exact) mass is 248 g/mol. The standard InChI is InChI=1S/C13H16N2O3/c1-18-8-4-7-12-14-10-5-2-3-6-11(10)15(12)9-13(16)17/h2-3,5-6H,4,7-9H2,1H3,(H,16,17). The summed E-state index contributed by atoms with van der Waals surface area (Å²) in [7, 11) is 1.65. The van der Waals surface area contributed by atoms with Crippen LogP contribution in [0.1, 0.15) is 12.2 Å².